The van der Waals surface area contributed by atoms with E-state index >= 15 is 0 Å². The van der Waals surface area contributed by atoms with Gasteiger partial charge in [0.15, 0.2) is 0 Å². The lowest BCUT2D eigenvalue weighted by Gasteiger charge is -2.13. The summed E-state index contributed by atoms with van der Waals surface area (Å²) in [6.07, 6.45) is 2.46. The fraction of sp³-hybridized carbons (Fsp3) is 0.353. The van der Waals surface area contributed by atoms with Gasteiger partial charge in [0.1, 0.15) is 0 Å². The van der Waals surface area contributed by atoms with Crippen molar-refractivity contribution in [2.24, 2.45) is 5.92 Å². The first-order chi connectivity index (χ1) is 9.16. The maximum atomic E-state index is 10.5. The average Bonchev–Trinajstić information content (AvgIpc) is 3.19. The predicted octanol–water partition coefficient (Wildman–Crippen LogP) is 3.54. The highest BCUT2D eigenvalue weighted by molar-refractivity contribution is 5.31. The molecule has 2 heteroatoms. The number of aromatic nitrogens is 1. The molecule has 19 heavy (non-hydrogen) atoms. The standard InChI is InChI=1S/C17H19NO/c1-11-8-12(2)16(18-10-11)17(19)15-9-14(15)13-6-4-3-5-7-13/h3-8,10,14-15,17,19H,9H2,1-2H3. The zero-order valence-electron chi connectivity index (χ0n) is 11.4. The summed E-state index contributed by atoms with van der Waals surface area (Å²) < 4.78 is 0. The van der Waals surface area contributed by atoms with Crippen LogP contribution in [-0.4, -0.2) is 10.1 Å². The van der Waals surface area contributed by atoms with Crippen LogP contribution in [0.2, 0.25) is 0 Å². The summed E-state index contributed by atoms with van der Waals surface area (Å²) >= 11 is 0. The quantitative estimate of drug-likeness (QED) is 0.907. The molecule has 1 N–H and O–H groups in total. The van der Waals surface area contributed by atoms with Gasteiger partial charge in [-0.3, -0.25) is 4.98 Å². The number of pyridine rings is 1. The van der Waals surface area contributed by atoms with Crippen LogP contribution < -0.4 is 0 Å². The molecule has 0 saturated heterocycles. The Labute approximate surface area is 114 Å². The average molecular weight is 253 g/mol. The molecule has 1 heterocycles. The molecule has 0 amide bonds. The zero-order valence-corrected chi connectivity index (χ0v) is 11.4. The second kappa shape index (κ2) is 4.78. The number of aliphatic hydroxyl groups is 1. The van der Waals surface area contributed by atoms with Crippen molar-refractivity contribution in [1.82, 2.24) is 4.98 Å². The molecule has 0 radical (unpaired) electrons. The summed E-state index contributed by atoms with van der Waals surface area (Å²) in [5, 5.41) is 10.5. The van der Waals surface area contributed by atoms with Gasteiger partial charge in [-0.1, -0.05) is 36.4 Å². The summed E-state index contributed by atoms with van der Waals surface area (Å²) in [7, 11) is 0. The van der Waals surface area contributed by atoms with Crippen LogP contribution in [0, 0.1) is 19.8 Å². The molecule has 1 aliphatic rings. The van der Waals surface area contributed by atoms with E-state index in [2.05, 4.69) is 35.3 Å². The molecule has 0 aliphatic heterocycles. The molecule has 1 aromatic heterocycles. The molecule has 1 aromatic carbocycles. The van der Waals surface area contributed by atoms with E-state index in [1.807, 2.05) is 26.1 Å². The first kappa shape index (κ1) is 12.4. The molecule has 0 bridgehead atoms. The number of nitrogens with zero attached hydrogens (tertiary/aromatic N) is 1. The van der Waals surface area contributed by atoms with Crippen molar-refractivity contribution in [1.29, 1.82) is 0 Å². The van der Waals surface area contributed by atoms with E-state index in [1.165, 1.54) is 5.56 Å². The second-order valence-corrected chi connectivity index (χ2v) is 5.58. The van der Waals surface area contributed by atoms with Gasteiger partial charge in [0.2, 0.25) is 0 Å². The van der Waals surface area contributed by atoms with Crippen LogP contribution >= 0.6 is 0 Å². The first-order valence-corrected chi connectivity index (χ1v) is 6.83. The lowest BCUT2D eigenvalue weighted by Crippen LogP contribution is -2.06. The van der Waals surface area contributed by atoms with Gasteiger partial charge in [0.05, 0.1) is 11.8 Å². The van der Waals surface area contributed by atoms with E-state index < -0.39 is 6.10 Å². The predicted molar refractivity (Wildman–Crippen MR) is 76.0 cm³/mol. The number of benzene rings is 1. The Balaban J connectivity index is 1.78. The normalized spacial score (nSPS) is 23.1. The zero-order chi connectivity index (χ0) is 13.4. The lowest BCUT2D eigenvalue weighted by molar-refractivity contribution is 0.146. The maximum Gasteiger partial charge on any atom is 0.0996 e. The van der Waals surface area contributed by atoms with Crippen LogP contribution in [0.4, 0.5) is 0 Å². The van der Waals surface area contributed by atoms with E-state index in [0.717, 1.165) is 23.2 Å². The summed E-state index contributed by atoms with van der Waals surface area (Å²) in [4.78, 5) is 4.42. The van der Waals surface area contributed by atoms with Crippen LogP contribution in [0.3, 0.4) is 0 Å². The molecule has 0 spiro atoms. The van der Waals surface area contributed by atoms with Gasteiger partial charge in [0, 0.05) is 6.20 Å². The second-order valence-electron chi connectivity index (χ2n) is 5.58. The van der Waals surface area contributed by atoms with Crippen LogP contribution in [-0.2, 0) is 0 Å². The largest absolute Gasteiger partial charge is 0.386 e. The van der Waals surface area contributed by atoms with E-state index in [1.54, 1.807) is 0 Å². The van der Waals surface area contributed by atoms with Gasteiger partial charge in [0.25, 0.3) is 0 Å². The van der Waals surface area contributed by atoms with Crippen LogP contribution in [0.5, 0.6) is 0 Å². The summed E-state index contributed by atoms with van der Waals surface area (Å²) in [6.45, 7) is 4.05. The number of rotatable bonds is 3. The Bertz CT molecular complexity index is 579. The molecular formula is C17H19NO. The van der Waals surface area contributed by atoms with Crippen molar-refractivity contribution in [3.8, 4) is 0 Å². The molecule has 1 saturated carbocycles. The third-order valence-corrected chi connectivity index (χ3v) is 4.01. The van der Waals surface area contributed by atoms with E-state index in [-0.39, 0.29) is 0 Å². The summed E-state index contributed by atoms with van der Waals surface area (Å²) in [5.74, 6) is 0.801. The van der Waals surface area contributed by atoms with Crippen LogP contribution in [0.15, 0.2) is 42.6 Å². The fourth-order valence-corrected chi connectivity index (χ4v) is 2.89. The number of aliphatic hydroxyl groups excluding tert-OH is 1. The molecular weight excluding hydrogens is 234 g/mol. The molecule has 2 aromatic rings. The van der Waals surface area contributed by atoms with Gasteiger partial charge in [-0.25, -0.2) is 0 Å². The minimum Gasteiger partial charge on any atom is -0.386 e. The molecule has 3 atom stereocenters. The monoisotopic (exact) mass is 253 g/mol. The van der Waals surface area contributed by atoms with E-state index in [0.29, 0.717) is 11.8 Å². The van der Waals surface area contributed by atoms with Gasteiger partial charge in [-0.15, -0.1) is 0 Å². The smallest absolute Gasteiger partial charge is 0.0996 e. The Kier molecular flexibility index (Phi) is 3.11. The van der Waals surface area contributed by atoms with Gasteiger partial charge >= 0.3 is 0 Å². The highest BCUT2D eigenvalue weighted by Gasteiger charge is 2.44. The molecule has 3 unspecified atom stereocenters. The molecule has 1 aliphatic carbocycles. The highest BCUT2D eigenvalue weighted by atomic mass is 16.3. The summed E-state index contributed by atoms with van der Waals surface area (Å²) in [6, 6.07) is 12.5. The summed E-state index contributed by atoms with van der Waals surface area (Å²) in [5.41, 5.74) is 4.40. The third-order valence-electron chi connectivity index (χ3n) is 4.01. The van der Waals surface area contributed by atoms with Gasteiger partial charge in [-0.05, 0) is 48.8 Å². The van der Waals surface area contributed by atoms with Crippen molar-refractivity contribution in [3.63, 3.8) is 0 Å². The van der Waals surface area contributed by atoms with Crippen molar-refractivity contribution < 1.29 is 5.11 Å². The van der Waals surface area contributed by atoms with Crippen molar-refractivity contribution in [3.05, 3.63) is 65.0 Å². The minimum absolute atomic E-state index is 0.316. The van der Waals surface area contributed by atoms with E-state index in [9.17, 15) is 5.11 Å². The van der Waals surface area contributed by atoms with Crippen LogP contribution in [0.1, 0.15) is 40.8 Å². The van der Waals surface area contributed by atoms with Crippen molar-refractivity contribution in [2.45, 2.75) is 32.3 Å². The Morgan fingerprint density at radius 1 is 1.21 bits per heavy atom. The van der Waals surface area contributed by atoms with Crippen LogP contribution in [0.25, 0.3) is 0 Å². The minimum atomic E-state index is -0.439. The Morgan fingerprint density at radius 2 is 1.95 bits per heavy atom. The molecule has 2 nitrogen and oxygen atoms in total. The highest BCUT2D eigenvalue weighted by Crippen LogP contribution is 2.53. The molecule has 1 fully saturated rings. The topological polar surface area (TPSA) is 33.1 Å². The lowest BCUT2D eigenvalue weighted by atomic mass is 10.0. The molecule has 98 valence electrons. The van der Waals surface area contributed by atoms with Crippen molar-refractivity contribution >= 4 is 0 Å². The number of hydrogen-bond donors (Lipinski definition) is 1. The number of aryl methyl sites for hydroxylation is 2. The SMILES string of the molecule is Cc1cnc(C(O)C2CC2c2ccccc2)c(C)c1. The maximum absolute atomic E-state index is 10.5. The van der Waals surface area contributed by atoms with E-state index in [4.69, 9.17) is 0 Å². The Hall–Kier alpha value is -1.67. The van der Waals surface area contributed by atoms with Gasteiger partial charge < -0.3 is 5.11 Å². The fourth-order valence-electron chi connectivity index (χ4n) is 2.89. The first-order valence-electron chi connectivity index (χ1n) is 6.83. The third kappa shape index (κ3) is 2.41. The van der Waals surface area contributed by atoms with Gasteiger partial charge in [-0.2, -0.15) is 0 Å². The van der Waals surface area contributed by atoms with Crippen molar-refractivity contribution in [2.75, 3.05) is 0 Å². The molecule has 3 rings (SSSR count). The Morgan fingerprint density at radius 3 is 2.63 bits per heavy atom. The number of hydrogen-bond acceptors (Lipinski definition) is 2.